The van der Waals surface area contributed by atoms with E-state index in [1.807, 2.05) is 44.8 Å². The molecule has 0 spiro atoms. The van der Waals surface area contributed by atoms with Crippen molar-refractivity contribution in [3.63, 3.8) is 0 Å². The molecule has 1 fully saturated rings. The molecule has 2 N–H and O–H groups in total. The lowest BCUT2D eigenvalue weighted by Crippen LogP contribution is -2.18. The summed E-state index contributed by atoms with van der Waals surface area (Å²) in [6.07, 6.45) is 12.0. The number of rotatable bonds is 9. The number of aromatic nitrogens is 6. The maximum absolute atomic E-state index is 10.4. The smallest absolute Gasteiger partial charge is 0.386 e. The molecule has 0 aromatic carbocycles. The van der Waals surface area contributed by atoms with Gasteiger partial charge in [0.25, 0.3) is 5.78 Å². The molecule has 11 heteroatoms. The Morgan fingerprint density at radius 1 is 1.19 bits per heavy atom. The summed E-state index contributed by atoms with van der Waals surface area (Å²) in [5.41, 5.74) is 4.23. The number of nitrogens with one attached hydrogen (secondary N) is 2. The molecule has 2 unspecified atom stereocenters. The molecule has 8 nitrogen and oxygen atoms in total. The van der Waals surface area contributed by atoms with Crippen LogP contribution in [0.15, 0.2) is 43.5 Å². The summed E-state index contributed by atoms with van der Waals surface area (Å²) in [7, 11) is 1.99. The number of hydrogen-bond donors (Lipinski definition) is 2. The van der Waals surface area contributed by atoms with Crippen LogP contribution in [0.25, 0.3) is 11.9 Å². The van der Waals surface area contributed by atoms with E-state index in [2.05, 4.69) is 64.7 Å². The minimum Gasteiger partial charge on any atom is -0.389 e. The summed E-state index contributed by atoms with van der Waals surface area (Å²) in [6, 6.07) is 2.22. The SMILES string of the molecule is C=C1CCCCN1.C=Cc1ccnn1CC.CC.CC(F)(F)F.CCC(C)CCCC(NC)c1cn2nc(C)cnc2n1. The van der Waals surface area contributed by atoms with Gasteiger partial charge in [-0.05, 0) is 64.6 Å². The minimum atomic E-state index is -4.00. The molecule has 244 valence electrons. The molecule has 2 atom stereocenters. The molecular weight excluding hydrogens is 553 g/mol. The second kappa shape index (κ2) is 22.3. The summed E-state index contributed by atoms with van der Waals surface area (Å²) in [6.45, 7) is 22.3. The Hall–Kier alpha value is -3.21. The van der Waals surface area contributed by atoms with Gasteiger partial charge in [-0.3, -0.25) is 4.68 Å². The number of aryl methyl sites for hydroxylation is 2. The van der Waals surface area contributed by atoms with Gasteiger partial charge in [0.1, 0.15) is 0 Å². The van der Waals surface area contributed by atoms with Gasteiger partial charge in [-0.2, -0.15) is 23.4 Å². The van der Waals surface area contributed by atoms with Crippen LogP contribution in [0.3, 0.4) is 0 Å². The van der Waals surface area contributed by atoms with E-state index in [4.69, 9.17) is 0 Å². The molecule has 0 amide bonds. The summed E-state index contributed by atoms with van der Waals surface area (Å²) in [4.78, 5) is 8.87. The van der Waals surface area contributed by atoms with E-state index >= 15 is 0 Å². The first-order valence-corrected chi connectivity index (χ1v) is 15.4. The Labute approximate surface area is 257 Å². The maximum Gasteiger partial charge on any atom is 0.386 e. The van der Waals surface area contributed by atoms with E-state index in [1.54, 1.807) is 23.0 Å². The molecule has 0 saturated carbocycles. The number of imidazole rings is 1. The van der Waals surface area contributed by atoms with Crippen molar-refractivity contribution in [3.8, 4) is 0 Å². The average Bonchev–Trinajstić information content (AvgIpc) is 3.63. The van der Waals surface area contributed by atoms with Crippen molar-refractivity contribution < 1.29 is 13.2 Å². The highest BCUT2D eigenvalue weighted by atomic mass is 19.4. The number of piperidine rings is 1. The van der Waals surface area contributed by atoms with Gasteiger partial charge >= 0.3 is 6.18 Å². The number of nitrogens with zero attached hydrogens (tertiary/aromatic N) is 6. The van der Waals surface area contributed by atoms with Gasteiger partial charge in [-0.1, -0.05) is 60.1 Å². The number of halogens is 3. The Kier molecular flexibility index (Phi) is 20.7. The summed E-state index contributed by atoms with van der Waals surface area (Å²) in [5, 5.41) is 15.0. The largest absolute Gasteiger partial charge is 0.389 e. The topological polar surface area (TPSA) is 85.0 Å². The second-order valence-electron chi connectivity index (χ2n) is 10.1. The zero-order valence-corrected chi connectivity index (χ0v) is 27.6. The van der Waals surface area contributed by atoms with Gasteiger partial charge in [-0.15, -0.1) is 0 Å². The average molecular weight is 609 g/mol. The molecule has 0 aliphatic carbocycles. The van der Waals surface area contributed by atoms with Crippen LogP contribution in [0.2, 0.25) is 0 Å². The molecule has 1 saturated heterocycles. The van der Waals surface area contributed by atoms with Crippen LogP contribution in [0.1, 0.15) is 110 Å². The third kappa shape index (κ3) is 18.1. The monoisotopic (exact) mass is 608 g/mol. The fourth-order valence-electron chi connectivity index (χ4n) is 3.97. The van der Waals surface area contributed by atoms with Crippen molar-refractivity contribution >= 4 is 11.9 Å². The molecule has 0 bridgehead atoms. The van der Waals surface area contributed by atoms with Crippen LogP contribution < -0.4 is 10.6 Å². The Balaban J connectivity index is 0.000000631. The fraction of sp³-hybridized carbons (Fsp3) is 0.625. The first kappa shape index (κ1) is 39.8. The Morgan fingerprint density at radius 2 is 1.86 bits per heavy atom. The van der Waals surface area contributed by atoms with E-state index < -0.39 is 6.18 Å². The zero-order chi connectivity index (χ0) is 32.8. The normalized spacial score (nSPS) is 13.8. The van der Waals surface area contributed by atoms with Gasteiger partial charge in [0, 0.05) is 31.9 Å². The molecule has 43 heavy (non-hydrogen) atoms. The van der Waals surface area contributed by atoms with Crippen LogP contribution in [0.4, 0.5) is 13.2 Å². The summed E-state index contributed by atoms with van der Waals surface area (Å²) in [5.74, 6) is 1.48. The lowest BCUT2D eigenvalue weighted by molar-refractivity contribution is -0.110. The van der Waals surface area contributed by atoms with Gasteiger partial charge in [0.05, 0.1) is 35.5 Å². The van der Waals surface area contributed by atoms with Gasteiger partial charge in [-0.25, -0.2) is 14.5 Å². The quantitative estimate of drug-likeness (QED) is 0.254. The predicted octanol–water partition coefficient (Wildman–Crippen LogP) is 8.32. The molecule has 4 heterocycles. The molecule has 1 aliphatic heterocycles. The highest BCUT2D eigenvalue weighted by Crippen LogP contribution is 2.21. The fourth-order valence-corrected chi connectivity index (χ4v) is 3.97. The van der Waals surface area contributed by atoms with E-state index in [0.717, 1.165) is 42.5 Å². The van der Waals surface area contributed by atoms with Crippen molar-refractivity contribution in [2.24, 2.45) is 5.92 Å². The van der Waals surface area contributed by atoms with Gasteiger partial charge in [0.2, 0.25) is 0 Å². The lowest BCUT2D eigenvalue weighted by Gasteiger charge is -2.14. The molecule has 3 aromatic heterocycles. The standard InChI is InChI=1S/C15H25N5.C7H10N2.C6H11N.C2H3F3.C2H6/c1-5-11(2)7-6-8-13(16-4)14-10-20-15(18-14)17-9-12(3)19-20;1-3-7-5-6-8-9(7)4-2;1-6-4-2-3-5-7-6;1-2(3,4)5;1-2/h9-11,13,16H,5-8H2,1-4H3;3,5-6H,1,4H2,2H3;7H,1-5H2;1H3;1-2H3. The number of hydrogen-bond acceptors (Lipinski definition) is 6. The summed E-state index contributed by atoms with van der Waals surface area (Å²) >= 11 is 0. The van der Waals surface area contributed by atoms with E-state index in [1.165, 1.54) is 44.2 Å². The maximum atomic E-state index is 10.4. The van der Waals surface area contributed by atoms with Crippen LogP contribution in [0, 0.1) is 12.8 Å². The first-order valence-electron chi connectivity index (χ1n) is 15.4. The van der Waals surface area contributed by atoms with E-state index in [0.29, 0.717) is 5.78 Å². The molecular formula is C32H55F3N8. The van der Waals surface area contributed by atoms with Crippen molar-refractivity contribution in [3.05, 3.63) is 60.6 Å². The van der Waals surface area contributed by atoms with Crippen molar-refractivity contribution in [1.82, 2.24) is 40.0 Å². The molecule has 4 rings (SSSR count). The predicted molar refractivity (Wildman–Crippen MR) is 173 cm³/mol. The van der Waals surface area contributed by atoms with E-state index in [9.17, 15) is 13.2 Å². The molecule has 0 radical (unpaired) electrons. The summed E-state index contributed by atoms with van der Waals surface area (Å²) < 4.78 is 34.7. The second-order valence-corrected chi connectivity index (χ2v) is 10.1. The van der Waals surface area contributed by atoms with Crippen LogP contribution in [-0.2, 0) is 6.54 Å². The van der Waals surface area contributed by atoms with Crippen LogP contribution in [0.5, 0.6) is 0 Å². The third-order valence-corrected chi connectivity index (χ3v) is 6.45. The number of alkyl halides is 3. The highest BCUT2D eigenvalue weighted by Gasteiger charge is 2.16. The first-order chi connectivity index (χ1) is 20.4. The highest BCUT2D eigenvalue weighted by molar-refractivity contribution is 5.40. The lowest BCUT2D eigenvalue weighted by atomic mass is 9.98. The van der Waals surface area contributed by atoms with Crippen molar-refractivity contribution in [1.29, 1.82) is 0 Å². The van der Waals surface area contributed by atoms with Crippen molar-refractivity contribution in [2.75, 3.05) is 13.6 Å². The Bertz CT molecular complexity index is 1140. The van der Waals surface area contributed by atoms with Gasteiger partial charge in [0.15, 0.2) is 0 Å². The number of fused-ring (bicyclic) bond motifs is 1. The Morgan fingerprint density at radius 3 is 2.33 bits per heavy atom. The third-order valence-electron chi connectivity index (χ3n) is 6.45. The zero-order valence-electron chi connectivity index (χ0n) is 27.6. The van der Waals surface area contributed by atoms with Crippen LogP contribution in [-0.4, -0.2) is 49.1 Å². The minimum absolute atomic E-state index is 0.188. The van der Waals surface area contributed by atoms with Gasteiger partial charge < -0.3 is 10.6 Å². The van der Waals surface area contributed by atoms with Crippen molar-refractivity contribution in [2.45, 2.75) is 112 Å². The molecule has 3 aromatic rings. The van der Waals surface area contributed by atoms with E-state index in [-0.39, 0.29) is 13.0 Å². The number of allylic oxidation sites excluding steroid dienone is 1. The van der Waals surface area contributed by atoms with Crippen LogP contribution >= 0.6 is 0 Å². The molecule has 1 aliphatic rings.